The van der Waals surface area contributed by atoms with Gasteiger partial charge in [0.25, 0.3) is 0 Å². The van der Waals surface area contributed by atoms with Gasteiger partial charge in [0.2, 0.25) is 0 Å². The molecule has 0 N–H and O–H groups in total. The van der Waals surface area contributed by atoms with Crippen LogP contribution in [0.1, 0.15) is 39.5 Å². The molecule has 0 aromatic rings. The van der Waals surface area contributed by atoms with Crippen LogP contribution < -0.4 is 0 Å². The summed E-state index contributed by atoms with van der Waals surface area (Å²) in [6, 6.07) is 0. The summed E-state index contributed by atoms with van der Waals surface area (Å²) >= 11 is 0. The van der Waals surface area contributed by atoms with Crippen molar-refractivity contribution in [2.75, 3.05) is 14.2 Å². The standard InChI is InChI=1S/C13H26O3Si/c1-5-13(17(14-3)15-4)9(2)10-6-7-11-12(8-10)16-11/h9-13,17H,5-8H2,1-4H3. The maximum Gasteiger partial charge on any atom is 0.324 e. The zero-order chi connectivity index (χ0) is 12.4. The van der Waals surface area contributed by atoms with Crippen LogP contribution in [0.3, 0.4) is 0 Å². The Kier molecular flexibility index (Phi) is 4.63. The van der Waals surface area contributed by atoms with Gasteiger partial charge in [-0.3, -0.25) is 0 Å². The number of hydrogen-bond donors (Lipinski definition) is 0. The van der Waals surface area contributed by atoms with E-state index in [9.17, 15) is 0 Å². The van der Waals surface area contributed by atoms with Gasteiger partial charge in [0.1, 0.15) is 0 Å². The van der Waals surface area contributed by atoms with Crippen molar-refractivity contribution in [2.45, 2.75) is 57.3 Å². The lowest BCUT2D eigenvalue weighted by Gasteiger charge is -2.34. The van der Waals surface area contributed by atoms with E-state index in [4.69, 9.17) is 13.6 Å². The van der Waals surface area contributed by atoms with Crippen LogP contribution in [-0.4, -0.2) is 35.7 Å². The van der Waals surface area contributed by atoms with Crippen molar-refractivity contribution in [3.63, 3.8) is 0 Å². The first-order valence-electron chi connectivity index (χ1n) is 6.92. The number of fused-ring (bicyclic) bond motifs is 1. The lowest BCUT2D eigenvalue weighted by Crippen LogP contribution is -2.34. The van der Waals surface area contributed by atoms with Gasteiger partial charge in [-0.25, -0.2) is 0 Å². The molecule has 1 aliphatic heterocycles. The molecule has 0 aromatic heterocycles. The summed E-state index contributed by atoms with van der Waals surface area (Å²) in [5, 5.41) is 0. The zero-order valence-corrected chi connectivity index (χ0v) is 12.7. The van der Waals surface area contributed by atoms with E-state index in [0.717, 1.165) is 5.92 Å². The third-order valence-corrected chi connectivity index (χ3v) is 7.46. The molecule has 1 saturated heterocycles. The Balaban J connectivity index is 1.92. The highest BCUT2D eigenvalue weighted by Gasteiger charge is 2.46. The minimum atomic E-state index is -1.48. The SMILES string of the molecule is CCC(C(C)C1CCC2OC2C1)[SiH](OC)OC. The fourth-order valence-corrected chi connectivity index (χ4v) is 5.61. The van der Waals surface area contributed by atoms with Crippen LogP contribution in [0.25, 0.3) is 0 Å². The number of ether oxygens (including phenoxy) is 1. The predicted octanol–water partition coefficient (Wildman–Crippen LogP) is 2.48. The summed E-state index contributed by atoms with van der Waals surface area (Å²) in [4.78, 5) is 0. The summed E-state index contributed by atoms with van der Waals surface area (Å²) in [6.07, 6.45) is 6.22. The summed E-state index contributed by atoms with van der Waals surface area (Å²) in [5.41, 5.74) is 0.630. The number of epoxide rings is 1. The maximum atomic E-state index is 5.63. The Bertz CT molecular complexity index is 245. The molecular weight excluding hydrogens is 232 g/mol. The van der Waals surface area contributed by atoms with E-state index in [1.165, 1.54) is 25.7 Å². The highest BCUT2D eigenvalue weighted by atomic mass is 28.3. The molecule has 0 amide bonds. The monoisotopic (exact) mass is 258 g/mol. The van der Waals surface area contributed by atoms with Crippen LogP contribution in [0.2, 0.25) is 5.54 Å². The first-order valence-corrected chi connectivity index (χ1v) is 8.53. The third-order valence-electron chi connectivity index (χ3n) is 4.75. The van der Waals surface area contributed by atoms with Crippen LogP contribution in [-0.2, 0) is 13.6 Å². The topological polar surface area (TPSA) is 31.0 Å². The molecule has 5 atom stereocenters. The molecule has 4 heteroatoms. The minimum absolute atomic E-state index is 0.582. The van der Waals surface area contributed by atoms with Gasteiger partial charge in [-0.05, 0) is 31.1 Å². The minimum Gasteiger partial charge on any atom is -0.400 e. The molecule has 17 heavy (non-hydrogen) atoms. The molecule has 2 fully saturated rings. The second-order valence-corrected chi connectivity index (χ2v) is 8.09. The second-order valence-electron chi connectivity index (χ2n) is 5.56. The zero-order valence-electron chi connectivity index (χ0n) is 11.5. The van der Waals surface area contributed by atoms with Crippen molar-refractivity contribution in [1.82, 2.24) is 0 Å². The van der Waals surface area contributed by atoms with Gasteiger partial charge in [-0.15, -0.1) is 0 Å². The Morgan fingerprint density at radius 1 is 1.24 bits per heavy atom. The number of rotatable bonds is 6. The Morgan fingerprint density at radius 3 is 2.47 bits per heavy atom. The largest absolute Gasteiger partial charge is 0.400 e. The summed E-state index contributed by atoms with van der Waals surface area (Å²) < 4.78 is 16.8. The van der Waals surface area contributed by atoms with Crippen molar-refractivity contribution < 1.29 is 13.6 Å². The summed E-state index contributed by atoms with van der Waals surface area (Å²) in [6.45, 7) is 4.65. The van der Waals surface area contributed by atoms with Gasteiger partial charge in [0, 0.05) is 19.8 Å². The molecule has 2 aliphatic rings. The highest BCUT2D eigenvalue weighted by Crippen LogP contribution is 2.45. The molecule has 0 radical (unpaired) electrons. The average Bonchev–Trinajstić information content (AvgIpc) is 3.13. The molecule has 0 spiro atoms. The number of hydrogen-bond acceptors (Lipinski definition) is 3. The molecule has 100 valence electrons. The molecular formula is C13H26O3Si. The van der Waals surface area contributed by atoms with E-state index < -0.39 is 9.28 Å². The third kappa shape index (κ3) is 2.92. The molecule has 1 aliphatic carbocycles. The van der Waals surface area contributed by atoms with Gasteiger partial charge in [-0.1, -0.05) is 20.3 Å². The van der Waals surface area contributed by atoms with Gasteiger partial charge in [0.15, 0.2) is 0 Å². The van der Waals surface area contributed by atoms with Crippen molar-refractivity contribution in [2.24, 2.45) is 11.8 Å². The molecule has 0 bridgehead atoms. The predicted molar refractivity (Wildman–Crippen MR) is 70.4 cm³/mol. The molecule has 2 rings (SSSR count). The van der Waals surface area contributed by atoms with Gasteiger partial charge < -0.3 is 13.6 Å². The van der Waals surface area contributed by atoms with E-state index >= 15 is 0 Å². The second kappa shape index (κ2) is 5.82. The molecule has 3 nitrogen and oxygen atoms in total. The summed E-state index contributed by atoms with van der Waals surface area (Å²) in [5.74, 6) is 1.52. The van der Waals surface area contributed by atoms with E-state index in [0.29, 0.717) is 23.7 Å². The fourth-order valence-electron chi connectivity index (χ4n) is 3.52. The van der Waals surface area contributed by atoms with E-state index in [1.807, 2.05) is 0 Å². The fraction of sp³-hybridized carbons (Fsp3) is 1.00. The highest BCUT2D eigenvalue weighted by molar-refractivity contribution is 6.46. The molecule has 5 unspecified atom stereocenters. The van der Waals surface area contributed by atoms with Crippen LogP contribution in [0.5, 0.6) is 0 Å². The first kappa shape index (κ1) is 13.5. The molecule has 1 heterocycles. The Morgan fingerprint density at radius 2 is 1.94 bits per heavy atom. The maximum absolute atomic E-state index is 5.63. The Labute approximate surface area is 107 Å². The van der Waals surface area contributed by atoms with Gasteiger partial charge in [-0.2, -0.15) is 0 Å². The first-order chi connectivity index (χ1) is 8.21. The lowest BCUT2D eigenvalue weighted by molar-refractivity contribution is 0.209. The van der Waals surface area contributed by atoms with E-state index in [-0.39, 0.29) is 0 Å². The van der Waals surface area contributed by atoms with E-state index in [1.54, 1.807) is 14.2 Å². The van der Waals surface area contributed by atoms with Crippen LogP contribution in [0, 0.1) is 11.8 Å². The van der Waals surface area contributed by atoms with Crippen LogP contribution in [0.4, 0.5) is 0 Å². The summed E-state index contributed by atoms with van der Waals surface area (Å²) in [7, 11) is 2.12. The van der Waals surface area contributed by atoms with E-state index in [2.05, 4.69) is 13.8 Å². The van der Waals surface area contributed by atoms with Gasteiger partial charge in [0.05, 0.1) is 12.2 Å². The smallest absolute Gasteiger partial charge is 0.324 e. The van der Waals surface area contributed by atoms with Crippen molar-refractivity contribution in [3.05, 3.63) is 0 Å². The molecule has 1 saturated carbocycles. The van der Waals surface area contributed by atoms with Gasteiger partial charge >= 0.3 is 9.28 Å². The normalized spacial score (nSPS) is 35.5. The van der Waals surface area contributed by atoms with Crippen LogP contribution in [0.15, 0.2) is 0 Å². The Hall–Kier alpha value is 0.0969. The van der Waals surface area contributed by atoms with Crippen molar-refractivity contribution >= 4 is 9.28 Å². The van der Waals surface area contributed by atoms with Crippen molar-refractivity contribution in [1.29, 1.82) is 0 Å². The molecule has 0 aromatic carbocycles. The van der Waals surface area contributed by atoms with Crippen LogP contribution >= 0.6 is 0 Å². The van der Waals surface area contributed by atoms with Crippen molar-refractivity contribution in [3.8, 4) is 0 Å². The quantitative estimate of drug-likeness (QED) is 0.542. The lowest BCUT2D eigenvalue weighted by atomic mass is 9.79. The average molecular weight is 258 g/mol.